The Bertz CT molecular complexity index is 399. The van der Waals surface area contributed by atoms with Gasteiger partial charge in [0.05, 0.1) is 0 Å². The zero-order chi connectivity index (χ0) is 15.0. The molecule has 1 N–H and O–H groups in total. The number of nitrogens with zero attached hydrogens (tertiary/aromatic N) is 2. The number of urea groups is 1. The van der Waals surface area contributed by atoms with Gasteiger partial charge in [-0.05, 0) is 44.5 Å². The van der Waals surface area contributed by atoms with Crippen LogP contribution in [0, 0.1) is 0 Å². The first-order valence-corrected chi connectivity index (χ1v) is 7.49. The monoisotopic (exact) mass is 277 g/mol. The van der Waals surface area contributed by atoms with Gasteiger partial charge in [0.1, 0.15) is 0 Å². The fraction of sp³-hybridized carbons (Fsp3) is 0.562. The van der Waals surface area contributed by atoms with Crippen molar-refractivity contribution < 1.29 is 4.79 Å². The smallest absolute Gasteiger partial charge is 0.321 e. The minimum Gasteiger partial charge on any atom is -0.372 e. The summed E-state index contributed by atoms with van der Waals surface area (Å²) in [7, 11) is 1.83. The van der Waals surface area contributed by atoms with E-state index in [4.69, 9.17) is 0 Å². The van der Waals surface area contributed by atoms with E-state index in [0.717, 1.165) is 38.2 Å². The number of benzene rings is 1. The Kier molecular flexibility index (Phi) is 6.91. The quantitative estimate of drug-likeness (QED) is 0.823. The van der Waals surface area contributed by atoms with Crippen molar-refractivity contribution in [2.45, 2.75) is 33.6 Å². The third-order valence-electron chi connectivity index (χ3n) is 3.44. The number of rotatable bonds is 7. The lowest BCUT2D eigenvalue weighted by Gasteiger charge is -2.21. The maximum Gasteiger partial charge on any atom is 0.321 e. The summed E-state index contributed by atoms with van der Waals surface area (Å²) in [6.45, 7) is 9.17. The first kappa shape index (κ1) is 16.3. The summed E-state index contributed by atoms with van der Waals surface area (Å²) in [4.78, 5) is 16.0. The first-order chi connectivity index (χ1) is 9.62. The standard InChI is InChI=1S/C16H27N3O/c1-5-8-13-18(4)16(20)17-14-9-11-15(12-10-14)19(6-2)7-3/h9-12H,5-8,13H2,1-4H3,(H,17,20). The van der Waals surface area contributed by atoms with Gasteiger partial charge in [-0.3, -0.25) is 0 Å². The number of nitrogens with one attached hydrogen (secondary N) is 1. The Balaban J connectivity index is 2.58. The molecule has 0 unspecified atom stereocenters. The molecule has 0 aliphatic carbocycles. The van der Waals surface area contributed by atoms with Crippen LogP contribution in [0.1, 0.15) is 33.6 Å². The van der Waals surface area contributed by atoms with Gasteiger partial charge in [0.15, 0.2) is 0 Å². The molecule has 0 aliphatic heterocycles. The van der Waals surface area contributed by atoms with Crippen molar-refractivity contribution in [1.29, 1.82) is 0 Å². The fourth-order valence-corrected chi connectivity index (χ4v) is 2.06. The number of carbonyl (C=O) groups excluding carboxylic acids is 1. The Morgan fingerprint density at radius 2 is 1.70 bits per heavy atom. The molecule has 0 aliphatic rings. The number of unbranched alkanes of at least 4 members (excludes halogenated alkanes) is 1. The number of hydrogen-bond acceptors (Lipinski definition) is 2. The molecule has 0 heterocycles. The summed E-state index contributed by atoms with van der Waals surface area (Å²) in [6, 6.07) is 7.97. The highest BCUT2D eigenvalue weighted by atomic mass is 16.2. The van der Waals surface area contributed by atoms with Crippen molar-refractivity contribution in [3.63, 3.8) is 0 Å². The Hall–Kier alpha value is -1.71. The van der Waals surface area contributed by atoms with Gasteiger partial charge in [-0.15, -0.1) is 0 Å². The summed E-state index contributed by atoms with van der Waals surface area (Å²) >= 11 is 0. The lowest BCUT2D eigenvalue weighted by atomic mass is 10.2. The van der Waals surface area contributed by atoms with Crippen LogP contribution in [0.4, 0.5) is 16.2 Å². The molecule has 0 bridgehead atoms. The van der Waals surface area contributed by atoms with Gasteiger partial charge < -0.3 is 15.1 Å². The van der Waals surface area contributed by atoms with Crippen molar-refractivity contribution in [1.82, 2.24) is 4.90 Å². The normalized spacial score (nSPS) is 10.2. The van der Waals surface area contributed by atoms with E-state index in [0.29, 0.717) is 0 Å². The molecule has 1 aromatic carbocycles. The Labute approximate surface area is 122 Å². The molecule has 1 rings (SSSR count). The number of hydrogen-bond donors (Lipinski definition) is 1. The van der Waals surface area contributed by atoms with Crippen molar-refractivity contribution in [3.8, 4) is 0 Å². The minimum absolute atomic E-state index is 0.0472. The molecule has 0 saturated carbocycles. The van der Waals surface area contributed by atoms with E-state index in [9.17, 15) is 4.79 Å². The predicted molar refractivity (Wildman–Crippen MR) is 86.6 cm³/mol. The molecule has 0 radical (unpaired) electrons. The highest BCUT2D eigenvalue weighted by Crippen LogP contribution is 2.17. The number of carbonyl (C=O) groups is 1. The van der Waals surface area contributed by atoms with Crippen molar-refractivity contribution in [2.24, 2.45) is 0 Å². The second kappa shape index (κ2) is 8.46. The molecule has 4 nitrogen and oxygen atoms in total. The second-order valence-corrected chi connectivity index (χ2v) is 4.92. The summed E-state index contributed by atoms with van der Waals surface area (Å²) in [5.41, 5.74) is 2.03. The van der Waals surface area contributed by atoms with E-state index in [1.54, 1.807) is 4.90 Å². The third-order valence-corrected chi connectivity index (χ3v) is 3.44. The molecule has 0 aromatic heterocycles. The number of amides is 2. The average molecular weight is 277 g/mol. The van der Waals surface area contributed by atoms with Crippen LogP contribution >= 0.6 is 0 Å². The SMILES string of the molecule is CCCCN(C)C(=O)Nc1ccc(N(CC)CC)cc1. The molecule has 0 spiro atoms. The zero-order valence-electron chi connectivity index (χ0n) is 13.1. The fourth-order valence-electron chi connectivity index (χ4n) is 2.06. The molecule has 20 heavy (non-hydrogen) atoms. The van der Waals surface area contributed by atoms with Crippen LogP contribution in [0.3, 0.4) is 0 Å². The van der Waals surface area contributed by atoms with E-state index in [1.807, 2.05) is 19.2 Å². The van der Waals surface area contributed by atoms with Crippen LogP contribution in [0.5, 0.6) is 0 Å². The van der Waals surface area contributed by atoms with Gasteiger partial charge in [-0.25, -0.2) is 4.79 Å². The lowest BCUT2D eigenvalue weighted by molar-refractivity contribution is 0.222. The van der Waals surface area contributed by atoms with E-state index in [2.05, 4.69) is 43.1 Å². The van der Waals surface area contributed by atoms with E-state index in [-0.39, 0.29) is 6.03 Å². The van der Waals surface area contributed by atoms with E-state index < -0.39 is 0 Å². The van der Waals surface area contributed by atoms with Crippen molar-refractivity contribution in [2.75, 3.05) is 36.9 Å². The summed E-state index contributed by atoms with van der Waals surface area (Å²) < 4.78 is 0. The first-order valence-electron chi connectivity index (χ1n) is 7.49. The molecular formula is C16H27N3O. The molecule has 2 amide bonds. The highest BCUT2D eigenvalue weighted by Gasteiger charge is 2.08. The van der Waals surface area contributed by atoms with Crippen LogP contribution in [-0.2, 0) is 0 Å². The van der Waals surface area contributed by atoms with Crippen LogP contribution in [-0.4, -0.2) is 37.6 Å². The van der Waals surface area contributed by atoms with Gasteiger partial charge in [0, 0.05) is 38.1 Å². The molecule has 0 atom stereocenters. The Morgan fingerprint density at radius 1 is 1.10 bits per heavy atom. The maximum absolute atomic E-state index is 12.0. The number of anilines is 2. The lowest BCUT2D eigenvalue weighted by Crippen LogP contribution is -2.32. The Morgan fingerprint density at radius 3 is 2.20 bits per heavy atom. The van der Waals surface area contributed by atoms with Crippen LogP contribution < -0.4 is 10.2 Å². The minimum atomic E-state index is -0.0472. The van der Waals surface area contributed by atoms with Crippen LogP contribution in [0.15, 0.2) is 24.3 Å². The van der Waals surface area contributed by atoms with Crippen LogP contribution in [0.25, 0.3) is 0 Å². The van der Waals surface area contributed by atoms with Crippen LogP contribution in [0.2, 0.25) is 0 Å². The summed E-state index contributed by atoms with van der Waals surface area (Å²) in [5, 5.41) is 2.92. The molecule has 0 fully saturated rings. The molecule has 1 aromatic rings. The zero-order valence-corrected chi connectivity index (χ0v) is 13.1. The van der Waals surface area contributed by atoms with E-state index >= 15 is 0 Å². The highest BCUT2D eigenvalue weighted by molar-refractivity contribution is 5.89. The second-order valence-electron chi connectivity index (χ2n) is 4.92. The molecular weight excluding hydrogens is 250 g/mol. The van der Waals surface area contributed by atoms with Crippen molar-refractivity contribution in [3.05, 3.63) is 24.3 Å². The summed E-state index contributed by atoms with van der Waals surface area (Å²) in [6.07, 6.45) is 2.13. The third kappa shape index (κ3) is 4.76. The molecule has 4 heteroatoms. The largest absolute Gasteiger partial charge is 0.372 e. The van der Waals surface area contributed by atoms with Gasteiger partial charge in [0.2, 0.25) is 0 Å². The predicted octanol–water partition coefficient (Wildman–Crippen LogP) is 3.80. The van der Waals surface area contributed by atoms with Gasteiger partial charge >= 0.3 is 6.03 Å². The summed E-state index contributed by atoms with van der Waals surface area (Å²) in [5.74, 6) is 0. The van der Waals surface area contributed by atoms with Gasteiger partial charge in [-0.1, -0.05) is 13.3 Å². The van der Waals surface area contributed by atoms with Gasteiger partial charge in [-0.2, -0.15) is 0 Å². The molecule has 112 valence electrons. The maximum atomic E-state index is 12.0. The van der Waals surface area contributed by atoms with Crippen molar-refractivity contribution >= 4 is 17.4 Å². The van der Waals surface area contributed by atoms with E-state index in [1.165, 1.54) is 5.69 Å². The average Bonchev–Trinajstić information content (AvgIpc) is 2.47. The molecule has 0 saturated heterocycles. The van der Waals surface area contributed by atoms with Gasteiger partial charge in [0.25, 0.3) is 0 Å². The topological polar surface area (TPSA) is 35.6 Å².